The molecule has 2 heteroatoms. The Morgan fingerprint density at radius 3 is 2.04 bits per heavy atom. The fraction of sp³-hybridized carbons (Fsp3) is 0.381. The average molecular weight is 325 g/mol. The Morgan fingerprint density at radius 1 is 0.913 bits per heavy atom. The van der Waals surface area contributed by atoms with E-state index in [2.05, 4.69) is 93.5 Å². The number of hydrogen-bond acceptors (Lipinski definition) is 0. The highest BCUT2D eigenvalue weighted by molar-refractivity contribution is 6.89. The van der Waals surface area contributed by atoms with E-state index in [0.717, 1.165) is 13.1 Å². The Balaban J connectivity index is 2.79. The smallest absolute Gasteiger partial charge is 0.214 e. The molecular weight excluding hydrogens is 294 g/mol. The average Bonchev–Trinajstić information content (AvgIpc) is 2.53. The molecule has 0 N–H and O–H groups in total. The van der Waals surface area contributed by atoms with E-state index in [0.29, 0.717) is 0 Å². The van der Waals surface area contributed by atoms with Crippen LogP contribution in [0.25, 0.3) is 0 Å². The van der Waals surface area contributed by atoms with Gasteiger partial charge in [-0.2, -0.15) is 0 Å². The Kier molecular flexibility index (Phi) is 5.58. The lowest BCUT2D eigenvalue weighted by Crippen LogP contribution is -2.43. The zero-order chi connectivity index (χ0) is 17.0. The van der Waals surface area contributed by atoms with Crippen molar-refractivity contribution >= 4 is 19.0 Å². The van der Waals surface area contributed by atoms with Crippen molar-refractivity contribution in [1.29, 1.82) is 0 Å². The Labute approximate surface area is 142 Å². The standard InChI is InChI=1S/C21H30NSi/c1-7-22(8-2)21(18-12-10-9-11-13-18)19-15-14-17(3)16-20(19)23(4,5)6/h9-16H,7-8H2,1-6H3/q+1. The number of rotatable bonds is 5. The van der Waals surface area contributed by atoms with Gasteiger partial charge in [-0.1, -0.05) is 55.5 Å². The molecule has 2 aromatic rings. The van der Waals surface area contributed by atoms with Crippen LogP contribution in [0.4, 0.5) is 0 Å². The van der Waals surface area contributed by atoms with Crippen molar-refractivity contribution in [3.05, 3.63) is 65.2 Å². The zero-order valence-electron chi connectivity index (χ0n) is 15.5. The van der Waals surface area contributed by atoms with Gasteiger partial charge in [0.05, 0.1) is 8.07 Å². The summed E-state index contributed by atoms with van der Waals surface area (Å²) in [4.78, 5) is 0. The molecule has 0 saturated carbocycles. The van der Waals surface area contributed by atoms with Gasteiger partial charge in [-0.3, -0.25) is 0 Å². The molecule has 122 valence electrons. The maximum atomic E-state index is 2.49. The van der Waals surface area contributed by atoms with Crippen molar-refractivity contribution in [2.45, 2.75) is 40.4 Å². The Morgan fingerprint density at radius 2 is 1.52 bits per heavy atom. The fourth-order valence-electron chi connectivity index (χ4n) is 3.13. The molecule has 0 spiro atoms. The summed E-state index contributed by atoms with van der Waals surface area (Å²) in [6.45, 7) is 16.1. The van der Waals surface area contributed by atoms with Crippen molar-refractivity contribution in [2.75, 3.05) is 13.1 Å². The summed E-state index contributed by atoms with van der Waals surface area (Å²) in [6.07, 6.45) is 0. The third kappa shape index (κ3) is 4.00. The molecule has 23 heavy (non-hydrogen) atoms. The van der Waals surface area contributed by atoms with Gasteiger partial charge in [0.15, 0.2) is 0 Å². The second kappa shape index (κ2) is 7.27. The molecule has 2 rings (SSSR count). The Hall–Kier alpha value is -1.67. The summed E-state index contributed by atoms with van der Waals surface area (Å²) in [7, 11) is -1.42. The van der Waals surface area contributed by atoms with E-state index in [1.807, 2.05) is 0 Å². The molecule has 0 amide bonds. The van der Waals surface area contributed by atoms with E-state index < -0.39 is 8.07 Å². The quantitative estimate of drug-likeness (QED) is 0.435. The van der Waals surface area contributed by atoms with Gasteiger partial charge in [0.1, 0.15) is 13.1 Å². The largest absolute Gasteiger partial charge is 0.230 e. The SMILES string of the molecule is CC[N+](CC)=C(c1ccccc1)c1ccc(C)cc1[Si](C)(C)C. The molecule has 0 heterocycles. The molecule has 0 unspecified atom stereocenters. The van der Waals surface area contributed by atoms with Gasteiger partial charge in [-0.05, 0) is 44.2 Å². The van der Waals surface area contributed by atoms with E-state index in [1.165, 1.54) is 22.4 Å². The van der Waals surface area contributed by atoms with Crippen LogP contribution in [0.15, 0.2) is 48.5 Å². The minimum absolute atomic E-state index is 1.03. The van der Waals surface area contributed by atoms with Crippen LogP contribution in [0, 0.1) is 6.92 Å². The minimum atomic E-state index is -1.42. The second-order valence-corrected chi connectivity index (χ2v) is 12.2. The number of hydrogen-bond donors (Lipinski definition) is 0. The van der Waals surface area contributed by atoms with Crippen LogP contribution < -0.4 is 5.19 Å². The highest BCUT2D eigenvalue weighted by Gasteiger charge is 2.27. The van der Waals surface area contributed by atoms with Gasteiger partial charge in [0, 0.05) is 11.1 Å². The van der Waals surface area contributed by atoms with Crippen LogP contribution in [0.5, 0.6) is 0 Å². The first-order valence-corrected chi connectivity index (χ1v) is 12.2. The van der Waals surface area contributed by atoms with Gasteiger partial charge < -0.3 is 0 Å². The van der Waals surface area contributed by atoms with Crippen molar-refractivity contribution in [3.63, 3.8) is 0 Å². The molecule has 0 radical (unpaired) electrons. The van der Waals surface area contributed by atoms with E-state index in [-0.39, 0.29) is 0 Å². The molecule has 0 bridgehead atoms. The van der Waals surface area contributed by atoms with Gasteiger partial charge >= 0.3 is 0 Å². The summed E-state index contributed by atoms with van der Waals surface area (Å²) >= 11 is 0. The highest BCUT2D eigenvalue weighted by atomic mass is 28.3. The topological polar surface area (TPSA) is 3.01 Å². The third-order valence-corrected chi connectivity index (χ3v) is 6.39. The van der Waals surface area contributed by atoms with Gasteiger partial charge in [0.2, 0.25) is 5.71 Å². The molecular formula is C21H30NSi+. The second-order valence-electron chi connectivity index (χ2n) is 7.19. The predicted molar refractivity (Wildman–Crippen MR) is 105 cm³/mol. The van der Waals surface area contributed by atoms with Crippen LogP contribution in [0.1, 0.15) is 30.5 Å². The first-order chi connectivity index (χ1) is 10.9. The first kappa shape index (κ1) is 17.7. The molecule has 0 aliphatic heterocycles. The van der Waals surface area contributed by atoms with Gasteiger partial charge in [-0.25, -0.2) is 4.58 Å². The zero-order valence-corrected chi connectivity index (χ0v) is 16.5. The summed E-state index contributed by atoms with van der Waals surface area (Å²) < 4.78 is 2.49. The molecule has 0 atom stereocenters. The van der Waals surface area contributed by atoms with E-state index in [4.69, 9.17) is 0 Å². The molecule has 0 aromatic heterocycles. The summed E-state index contributed by atoms with van der Waals surface area (Å²) in [5.41, 5.74) is 5.48. The maximum absolute atomic E-state index is 2.49. The maximum Gasteiger partial charge on any atom is 0.214 e. The fourth-order valence-corrected chi connectivity index (χ4v) is 4.80. The summed E-state index contributed by atoms with van der Waals surface area (Å²) in [5.74, 6) is 0. The number of nitrogens with zero attached hydrogens (tertiary/aromatic N) is 1. The molecule has 0 fully saturated rings. The lowest BCUT2D eigenvalue weighted by Gasteiger charge is -2.22. The van der Waals surface area contributed by atoms with Crippen molar-refractivity contribution in [3.8, 4) is 0 Å². The molecule has 0 aliphatic carbocycles. The molecule has 0 saturated heterocycles. The lowest BCUT2D eigenvalue weighted by atomic mass is 10.00. The van der Waals surface area contributed by atoms with Gasteiger partial charge in [0.25, 0.3) is 0 Å². The van der Waals surface area contributed by atoms with Crippen LogP contribution in [-0.4, -0.2) is 31.5 Å². The van der Waals surface area contributed by atoms with Crippen LogP contribution >= 0.6 is 0 Å². The van der Waals surface area contributed by atoms with E-state index in [1.54, 1.807) is 5.19 Å². The predicted octanol–water partition coefficient (Wildman–Crippen LogP) is 4.43. The van der Waals surface area contributed by atoms with Crippen LogP contribution in [0.3, 0.4) is 0 Å². The third-order valence-electron chi connectivity index (χ3n) is 4.37. The first-order valence-electron chi connectivity index (χ1n) is 8.67. The minimum Gasteiger partial charge on any atom is -0.230 e. The number of aryl methyl sites for hydroxylation is 1. The molecule has 2 aromatic carbocycles. The van der Waals surface area contributed by atoms with Crippen LogP contribution in [-0.2, 0) is 0 Å². The lowest BCUT2D eigenvalue weighted by molar-refractivity contribution is -0.519. The summed E-state index contributed by atoms with van der Waals surface area (Å²) in [5, 5.41) is 1.56. The van der Waals surface area contributed by atoms with Crippen LogP contribution in [0.2, 0.25) is 19.6 Å². The Bertz CT molecular complexity index is 688. The number of benzene rings is 2. The van der Waals surface area contributed by atoms with Gasteiger partial charge in [-0.15, -0.1) is 0 Å². The van der Waals surface area contributed by atoms with Crippen molar-refractivity contribution in [1.82, 2.24) is 0 Å². The summed E-state index contributed by atoms with van der Waals surface area (Å²) in [6, 6.07) is 17.9. The highest BCUT2D eigenvalue weighted by Crippen LogP contribution is 2.15. The molecule has 0 aliphatic rings. The van der Waals surface area contributed by atoms with E-state index >= 15 is 0 Å². The monoisotopic (exact) mass is 324 g/mol. The van der Waals surface area contributed by atoms with Crippen molar-refractivity contribution < 1.29 is 4.58 Å². The van der Waals surface area contributed by atoms with E-state index in [9.17, 15) is 0 Å². The molecule has 1 nitrogen and oxygen atoms in total. The van der Waals surface area contributed by atoms with Crippen molar-refractivity contribution in [2.24, 2.45) is 0 Å². The normalized spacial score (nSPS) is 11.4.